The fourth-order valence-corrected chi connectivity index (χ4v) is 2.01. The van der Waals surface area contributed by atoms with Gasteiger partial charge in [0.05, 0.1) is 5.52 Å². The smallest absolute Gasteiger partial charge is 0.242 e. The summed E-state index contributed by atoms with van der Waals surface area (Å²) in [5.41, 5.74) is 7.24. The zero-order valence-corrected chi connectivity index (χ0v) is 11.3. The van der Waals surface area contributed by atoms with Crippen molar-refractivity contribution in [3.05, 3.63) is 24.5 Å². The summed E-state index contributed by atoms with van der Waals surface area (Å²) in [4.78, 5) is 20.4. The Balaban J connectivity index is 1.82. The first-order valence-electron chi connectivity index (χ1n) is 6.70. The van der Waals surface area contributed by atoms with E-state index >= 15 is 0 Å². The van der Waals surface area contributed by atoms with Gasteiger partial charge in [0.15, 0.2) is 0 Å². The first kappa shape index (κ1) is 12.7. The van der Waals surface area contributed by atoms with E-state index in [1.165, 1.54) is 6.33 Å². The first-order valence-corrected chi connectivity index (χ1v) is 6.70. The molecule has 1 aromatic carbocycles. The van der Waals surface area contributed by atoms with Gasteiger partial charge in [-0.1, -0.05) is 0 Å². The van der Waals surface area contributed by atoms with E-state index in [2.05, 4.69) is 20.6 Å². The maximum Gasteiger partial charge on any atom is 0.242 e. The van der Waals surface area contributed by atoms with Crippen LogP contribution >= 0.6 is 0 Å². The van der Waals surface area contributed by atoms with Crippen molar-refractivity contribution in [1.29, 1.82) is 0 Å². The number of rotatable bonds is 4. The molecule has 0 saturated heterocycles. The minimum Gasteiger partial charge on any atom is -0.399 e. The Morgan fingerprint density at radius 1 is 1.40 bits per heavy atom. The van der Waals surface area contributed by atoms with Crippen LogP contribution in [-0.2, 0) is 4.79 Å². The molecule has 6 heteroatoms. The van der Waals surface area contributed by atoms with Crippen LogP contribution in [0.5, 0.6) is 0 Å². The fraction of sp³-hybridized carbons (Fsp3) is 0.357. The molecule has 20 heavy (non-hydrogen) atoms. The molecule has 0 radical (unpaired) electrons. The van der Waals surface area contributed by atoms with Crippen LogP contribution in [0.25, 0.3) is 10.9 Å². The van der Waals surface area contributed by atoms with E-state index < -0.39 is 0 Å². The number of nitrogens with one attached hydrogen (secondary N) is 2. The van der Waals surface area contributed by atoms with Gasteiger partial charge in [-0.05, 0) is 38.0 Å². The number of anilines is 2. The Morgan fingerprint density at radius 3 is 2.95 bits per heavy atom. The summed E-state index contributed by atoms with van der Waals surface area (Å²) in [5, 5.41) is 6.91. The second kappa shape index (κ2) is 4.96. The van der Waals surface area contributed by atoms with Crippen LogP contribution in [0.4, 0.5) is 11.5 Å². The van der Waals surface area contributed by atoms with Crippen molar-refractivity contribution in [2.45, 2.75) is 31.8 Å². The number of nitrogen functional groups attached to an aromatic ring is 1. The van der Waals surface area contributed by atoms with Crippen molar-refractivity contribution in [1.82, 2.24) is 15.3 Å². The second-order valence-corrected chi connectivity index (χ2v) is 5.15. The number of nitrogens with zero attached hydrogens (tertiary/aromatic N) is 2. The van der Waals surface area contributed by atoms with Gasteiger partial charge < -0.3 is 16.4 Å². The van der Waals surface area contributed by atoms with E-state index in [9.17, 15) is 4.79 Å². The van der Waals surface area contributed by atoms with Gasteiger partial charge >= 0.3 is 0 Å². The van der Waals surface area contributed by atoms with Crippen LogP contribution in [0.1, 0.15) is 19.8 Å². The Kier molecular flexibility index (Phi) is 3.14. The van der Waals surface area contributed by atoms with Gasteiger partial charge in [0, 0.05) is 17.1 Å². The molecule has 0 bridgehead atoms. The SMILES string of the molecule is CC(Nc1ncnc2ccc(N)cc12)C(=O)NC1CC1. The lowest BCUT2D eigenvalue weighted by atomic mass is 10.2. The lowest BCUT2D eigenvalue weighted by molar-refractivity contribution is -0.121. The minimum atomic E-state index is -0.352. The molecule has 3 rings (SSSR count). The van der Waals surface area contributed by atoms with E-state index in [-0.39, 0.29) is 11.9 Å². The molecule has 1 unspecified atom stereocenters. The predicted molar refractivity (Wildman–Crippen MR) is 78.2 cm³/mol. The van der Waals surface area contributed by atoms with Gasteiger partial charge in [-0.3, -0.25) is 4.79 Å². The summed E-state index contributed by atoms with van der Waals surface area (Å²) in [7, 11) is 0. The Hall–Kier alpha value is -2.37. The van der Waals surface area contributed by atoms with E-state index in [1.807, 2.05) is 19.1 Å². The van der Waals surface area contributed by atoms with Crippen LogP contribution in [0.2, 0.25) is 0 Å². The van der Waals surface area contributed by atoms with Gasteiger partial charge in [0.1, 0.15) is 18.2 Å². The van der Waals surface area contributed by atoms with Gasteiger partial charge in [-0.15, -0.1) is 0 Å². The van der Waals surface area contributed by atoms with Gasteiger partial charge in [-0.25, -0.2) is 9.97 Å². The van der Waals surface area contributed by atoms with Crippen LogP contribution in [-0.4, -0.2) is 28.0 Å². The highest BCUT2D eigenvalue weighted by Crippen LogP contribution is 2.23. The highest BCUT2D eigenvalue weighted by Gasteiger charge is 2.25. The van der Waals surface area contributed by atoms with Crippen LogP contribution in [0.15, 0.2) is 24.5 Å². The summed E-state index contributed by atoms with van der Waals surface area (Å²) in [6.45, 7) is 1.82. The topological polar surface area (TPSA) is 92.9 Å². The van der Waals surface area contributed by atoms with Crippen LogP contribution in [0, 0.1) is 0 Å². The molecule has 1 aliphatic rings. The van der Waals surface area contributed by atoms with Crippen molar-refractivity contribution in [2.24, 2.45) is 0 Å². The van der Waals surface area contributed by atoms with Gasteiger partial charge in [0.2, 0.25) is 5.91 Å². The Morgan fingerprint density at radius 2 is 2.20 bits per heavy atom. The number of nitrogens with two attached hydrogens (primary N) is 1. The normalized spacial score (nSPS) is 15.8. The molecule has 4 N–H and O–H groups in total. The largest absolute Gasteiger partial charge is 0.399 e. The number of carbonyl (C=O) groups is 1. The average molecular weight is 271 g/mol. The van der Waals surface area contributed by atoms with Crippen LogP contribution < -0.4 is 16.4 Å². The molecule has 6 nitrogen and oxygen atoms in total. The number of hydrogen-bond donors (Lipinski definition) is 3. The molecule has 1 heterocycles. The van der Waals surface area contributed by atoms with E-state index in [4.69, 9.17) is 5.73 Å². The summed E-state index contributed by atoms with van der Waals surface area (Å²) in [5.74, 6) is 0.615. The molecule has 0 aliphatic heterocycles. The molecular formula is C14H17N5O. The summed E-state index contributed by atoms with van der Waals surface area (Å²) >= 11 is 0. The number of carbonyl (C=O) groups excluding carboxylic acids is 1. The standard InChI is InChI=1S/C14H17N5O/c1-8(14(20)19-10-3-4-10)18-13-11-6-9(15)2-5-12(11)16-7-17-13/h2,5-8,10H,3-4,15H2,1H3,(H,19,20)(H,16,17,18). The quantitative estimate of drug-likeness (QED) is 0.729. The molecule has 1 aliphatic carbocycles. The Labute approximate surface area is 116 Å². The maximum atomic E-state index is 12.0. The van der Waals surface area contributed by atoms with Crippen LogP contribution in [0.3, 0.4) is 0 Å². The molecule has 1 aromatic heterocycles. The van der Waals surface area contributed by atoms with Crippen molar-refractivity contribution in [2.75, 3.05) is 11.1 Å². The predicted octanol–water partition coefficient (Wildman–Crippen LogP) is 1.29. The molecule has 1 saturated carbocycles. The monoisotopic (exact) mass is 271 g/mol. The first-order chi connectivity index (χ1) is 9.63. The molecular weight excluding hydrogens is 254 g/mol. The highest BCUT2D eigenvalue weighted by molar-refractivity contribution is 5.93. The Bertz CT molecular complexity index is 653. The van der Waals surface area contributed by atoms with Crippen molar-refractivity contribution < 1.29 is 4.79 Å². The minimum absolute atomic E-state index is 0.0110. The number of fused-ring (bicyclic) bond motifs is 1. The van der Waals surface area contributed by atoms with E-state index in [0.29, 0.717) is 17.5 Å². The third kappa shape index (κ3) is 2.64. The molecule has 1 amide bonds. The van der Waals surface area contributed by atoms with Gasteiger partial charge in [0.25, 0.3) is 0 Å². The number of amides is 1. The molecule has 2 aromatic rings. The molecule has 1 atom stereocenters. The number of aromatic nitrogens is 2. The number of benzene rings is 1. The zero-order valence-electron chi connectivity index (χ0n) is 11.3. The molecule has 104 valence electrons. The average Bonchev–Trinajstić information content (AvgIpc) is 3.23. The lowest BCUT2D eigenvalue weighted by Crippen LogP contribution is -2.38. The van der Waals surface area contributed by atoms with Gasteiger partial charge in [-0.2, -0.15) is 0 Å². The third-order valence-corrected chi connectivity index (χ3v) is 3.33. The lowest BCUT2D eigenvalue weighted by Gasteiger charge is -2.15. The third-order valence-electron chi connectivity index (χ3n) is 3.33. The van der Waals surface area contributed by atoms with E-state index in [0.717, 1.165) is 23.7 Å². The fourth-order valence-electron chi connectivity index (χ4n) is 2.01. The van der Waals surface area contributed by atoms with Crippen molar-refractivity contribution >= 4 is 28.3 Å². The molecule has 0 spiro atoms. The van der Waals surface area contributed by atoms with Crippen molar-refractivity contribution in [3.8, 4) is 0 Å². The summed E-state index contributed by atoms with van der Waals surface area (Å²) in [6.07, 6.45) is 3.63. The second-order valence-electron chi connectivity index (χ2n) is 5.15. The summed E-state index contributed by atoms with van der Waals surface area (Å²) in [6, 6.07) is 5.44. The number of hydrogen-bond acceptors (Lipinski definition) is 5. The van der Waals surface area contributed by atoms with E-state index in [1.54, 1.807) is 6.07 Å². The summed E-state index contributed by atoms with van der Waals surface area (Å²) < 4.78 is 0. The maximum absolute atomic E-state index is 12.0. The van der Waals surface area contributed by atoms with Crippen molar-refractivity contribution in [3.63, 3.8) is 0 Å². The zero-order chi connectivity index (χ0) is 14.1. The molecule has 1 fully saturated rings. The highest BCUT2D eigenvalue weighted by atomic mass is 16.2.